The Morgan fingerprint density at radius 1 is 1.19 bits per heavy atom. The SMILES string of the molecule is COc1cc(C(C)Nc2c(C)cc(C)cc2Br)ccc1O. The van der Waals surface area contributed by atoms with Crippen LogP contribution in [0.2, 0.25) is 0 Å². The lowest BCUT2D eigenvalue weighted by Crippen LogP contribution is -2.08. The standard InChI is InChI=1S/C17H20BrNO2/c1-10-7-11(2)17(14(18)8-10)19-12(3)13-5-6-15(20)16(9-13)21-4/h5-9,12,19-20H,1-4H3. The highest BCUT2D eigenvalue weighted by Crippen LogP contribution is 2.33. The molecule has 3 nitrogen and oxygen atoms in total. The van der Waals surface area contributed by atoms with Crippen LogP contribution in [0.5, 0.6) is 11.5 Å². The fourth-order valence-corrected chi connectivity index (χ4v) is 3.15. The van der Waals surface area contributed by atoms with Gasteiger partial charge in [0.1, 0.15) is 0 Å². The molecule has 0 amide bonds. The number of hydrogen-bond donors (Lipinski definition) is 2. The van der Waals surface area contributed by atoms with Crippen molar-refractivity contribution in [3.63, 3.8) is 0 Å². The van der Waals surface area contributed by atoms with E-state index in [1.165, 1.54) is 11.1 Å². The Balaban J connectivity index is 2.28. The number of anilines is 1. The van der Waals surface area contributed by atoms with Gasteiger partial charge in [0.05, 0.1) is 12.8 Å². The second kappa shape index (κ2) is 6.39. The van der Waals surface area contributed by atoms with Gasteiger partial charge in [-0.15, -0.1) is 0 Å². The maximum atomic E-state index is 9.67. The van der Waals surface area contributed by atoms with E-state index in [4.69, 9.17) is 4.74 Å². The van der Waals surface area contributed by atoms with Crippen LogP contribution in [-0.2, 0) is 0 Å². The molecule has 2 aromatic carbocycles. The Kier molecular flexibility index (Phi) is 4.78. The van der Waals surface area contributed by atoms with Crippen LogP contribution in [0.4, 0.5) is 5.69 Å². The molecule has 2 rings (SSSR count). The predicted molar refractivity (Wildman–Crippen MR) is 90.3 cm³/mol. The normalized spacial score (nSPS) is 12.0. The molecular weight excluding hydrogens is 330 g/mol. The minimum Gasteiger partial charge on any atom is -0.504 e. The Labute approximate surface area is 134 Å². The number of nitrogens with one attached hydrogen (secondary N) is 1. The Morgan fingerprint density at radius 2 is 1.90 bits per heavy atom. The maximum Gasteiger partial charge on any atom is 0.160 e. The second-order valence-electron chi connectivity index (χ2n) is 5.24. The molecule has 4 heteroatoms. The summed E-state index contributed by atoms with van der Waals surface area (Å²) in [5.74, 6) is 0.641. The average molecular weight is 350 g/mol. The van der Waals surface area contributed by atoms with Gasteiger partial charge < -0.3 is 15.2 Å². The summed E-state index contributed by atoms with van der Waals surface area (Å²) in [6.45, 7) is 6.25. The zero-order chi connectivity index (χ0) is 15.6. The summed E-state index contributed by atoms with van der Waals surface area (Å²) in [6.07, 6.45) is 0. The lowest BCUT2D eigenvalue weighted by atomic mass is 10.1. The molecule has 0 bridgehead atoms. The van der Waals surface area contributed by atoms with Crippen molar-refractivity contribution >= 4 is 21.6 Å². The number of benzene rings is 2. The Bertz CT molecular complexity index is 632. The molecule has 0 fully saturated rings. The van der Waals surface area contributed by atoms with Crippen LogP contribution in [-0.4, -0.2) is 12.2 Å². The third kappa shape index (κ3) is 3.50. The molecule has 0 aliphatic rings. The molecule has 112 valence electrons. The Hall–Kier alpha value is -1.68. The highest BCUT2D eigenvalue weighted by Gasteiger charge is 2.12. The minimum absolute atomic E-state index is 0.0946. The van der Waals surface area contributed by atoms with Crippen molar-refractivity contribution in [3.05, 3.63) is 51.5 Å². The van der Waals surface area contributed by atoms with Crippen molar-refractivity contribution < 1.29 is 9.84 Å². The highest BCUT2D eigenvalue weighted by atomic mass is 79.9. The average Bonchev–Trinajstić information content (AvgIpc) is 2.43. The monoisotopic (exact) mass is 349 g/mol. The molecule has 2 N–H and O–H groups in total. The summed E-state index contributed by atoms with van der Waals surface area (Å²) in [6, 6.07) is 9.74. The summed E-state index contributed by atoms with van der Waals surface area (Å²) in [5, 5.41) is 13.2. The first-order valence-electron chi connectivity index (χ1n) is 6.82. The number of phenols is 1. The van der Waals surface area contributed by atoms with E-state index < -0.39 is 0 Å². The van der Waals surface area contributed by atoms with Crippen LogP contribution < -0.4 is 10.1 Å². The van der Waals surface area contributed by atoms with Crippen LogP contribution >= 0.6 is 15.9 Å². The van der Waals surface area contributed by atoms with Gasteiger partial charge in [-0.05, 0) is 71.6 Å². The first-order valence-corrected chi connectivity index (χ1v) is 7.62. The molecule has 1 atom stereocenters. The second-order valence-corrected chi connectivity index (χ2v) is 6.09. The summed E-state index contributed by atoms with van der Waals surface area (Å²) < 4.78 is 6.22. The molecule has 0 saturated heterocycles. The lowest BCUT2D eigenvalue weighted by molar-refractivity contribution is 0.373. The molecule has 0 saturated carbocycles. The van der Waals surface area contributed by atoms with Gasteiger partial charge in [0.15, 0.2) is 11.5 Å². The smallest absolute Gasteiger partial charge is 0.160 e. The van der Waals surface area contributed by atoms with Gasteiger partial charge in [-0.1, -0.05) is 12.1 Å². The number of ether oxygens (including phenoxy) is 1. The van der Waals surface area contributed by atoms with Crippen molar-refractivity contribution in [3.8, 4) is 11.5 Å². The minimum atomic E-state index is 0.0946. The molecule has 0 radical (unpaired) electrons. The lowest BCUT2D eigenvalue weighted by Gasteiger charge is -2.20. The van der Waals surface area contributed by atoms with Crippen molar-refractivity contribution in [1.82, 2.24) is 0 Å². The van der Waals surface area contributed by atoms with Crippen molar-refractivity contribution in [2.24, 2.45) is 0 Å². The van der Waals surface area contributed by atoms with Crippen LogP contribution in [0.1, 0.15) is 29.7 Å². The van der Waals surface area contributed by atoms with E-state index in [9.17, 15) is 5.11 Å². The third-order valence-electron chi connectivity index (χ3n) is 3.50. The van der Waals surface area contributed by atoms with E-state index in [-0.39, 0.29) is 11.8 Å². The number of rotatable bonds is 4. The number of phenolic OH excluding ortho intramolecular Hbond substituents is 1. The molecule has 0 spiro atoms. The molecule has 0 aliphatic carbocycles. The van der Waals surface area contributed by atoms with Gasteiger partial charge in [0.25, 0.3) is 0 Å². The van der Waals surface area contributed by atoms with Crippen LogP contribution in [0, 0.1) is 13.8 Å². The summed E-state index contributed by atoms with van der Waals surface area (Å²) in [7, 11) is 1.55. The van der Waals surface area contributed by atoms with E-state index >= 15 is 0 Å². The van der Waals surface area contributed by atoms with Gasteiger partial charge in [0, 0.05) is 10.5 Å². The quantitative estimate of drug-likeness (QED) is 0.820. The summed E-state index contributed by atoms with van der Waals surface area (Å²) in [5.41, 5.74) is 4.56. The molecule has 1 unspecified atom stereocenters. The van der Waals surface area contributed by atoms with Crippen molar-refractivity contribution in [1.29, 1.82) is 0 Å². The van der Waals surface area contributed by atoms with E-state index in [0.29, 0.717) is 5.75 Å². The van der Waals surface area contributed by atoms with Crippen molar-refractivity contribution in [2.45, 2.75) is 26.8 Å². The number of aryl methyl sites for hydroxylation is 2. The number of methoxy groups -OCH3 is 1. The van der Waals surface area contributed by atoms with Gasteiger partial charge in [-0.25, -0.2) is 0 Å². The van der Waals surface area contributed by atoms with E-state index in [0.717, 1.165) is 15.7 Å². The van der Waals surface area contributed by atoms with Gasteiger partial charge >= 0.3 is 0 Å². The molecular formula is C17H20BrNO2. The van der Waals surface area contributed by atoms with E-state index in [2.05, 4.69) is 54.2 Å². The molecule has 0 aliphatic heterocycles. The zero-order valence-corrected chi connectivity index (χ0v) is 14.3. The molecule has 2 aromatic rings. The largest absolute Gasteiger partial charge is 0.504 e. The zero-order valence-electron chi connectivity index (χ0n) is 12.7. The maximum absolute atomic E-state index is 9.67. The molecule has 0 heterocycles. The number of hydrogen-bond acceptors (Lipinski definition) is 3. The predicted octanol–water partition coefficient (Wildman–Crippen LogP) is 4.95. The first-order chi connectivity index (χ1) is 9.92. The molecule has 21 heavy (non-hydrogen) atoms. The fraction of sp³-hybridized carbons (Fsp3) is 0.294. The summed E-state index contributed by atoms with van der Waals surface area (Å²) in [4.78, 5) is 0. The van der Waals surface area contributed by atoms with E-state index in [1.807, 2.05) is 12.1 Å². The van der Waals surface area contributed by atoms with Gasteiger partial charge in [0.2, 0.25) is 0 Å². The van der Waals surface area contributed by atoms with Gasteiger partial charge in [-0.2, -0.15) is 0 Å². The summed E-state index contributed by atoms with van der Waals surface area (Å²) >= 11 is 3.61. The van der Waals surface area contributed by atoms with Crippen LogP contribution in [0.25, 0.3) is 0 Å². The Morgan fingerprint density at radius 3 is 2.52 bits per heavy atom. The fourth-order valence-electron chi connectivity index (χ4n) is 2.36. The van der Waals surface area contributed by atoms with E-state index in [1.54, 1.807) is 13.2 Å². The topological polar surface area (TPSA) is 41.5 Å². The highest BCUT2D eigenvalue weighted by molar-refractivity contribution is 9.10. The first kappa shape index (κ1) is 15.7. The third-order valence-corrected chi connectivity index (χ3v) is 4.12. The number of aromatic hydroxyl groups is 1. The van der Waals surface area contributed by atoms with Crippen molar-refractivity contribution in [2.75, 3.05) is 12.4 Å². The van der Waals surface area contributed by atoms with Gasteiger partial charge in [-0.3, -0.25) is 0 Å². The van der Waals surface area contributed by atoms with Crippen LogP contribution in [0.3, 0.4) is 0 Å². The number of halogens is 1. The van der Waals surface area contributed by atoms with Crippen LogP contribution in [0.15, 0.2) is 34.8 Å². The molecule has 0 aromatic heterocycles.